The van der Waals surface area contributed by atoms with Gasteiger partial charge in [-0.3, -0.25) is 9.69 Å². The van der Waals surface area contributed by atoms with Crippen LogP contribution >= 0.6 is 0 Å². The molecule has 1 atom stereocenters. The molecular weight excluding hydrogens is 206 g/mol. The molecule has 0 saturated carbocycles. The fourth-order valence-corrected chi connectivity index (χ4v) is 2.04. The van der Waals surface area contributed by atoms with Gasteiger partial charge >= 0.3 is 0 Å². The predicted molar refractivity (Wildman–Crippen MR) is 60.1 cm³/mol. The van der Waals surface area contributed by atoms with Gasteiger partial charge in [0.05, 0.1) is 6.04 Å². The zero-order chi connectivity index (χ0) is 11.5. The Kier molecular flexibility index (Phi) is 3.24. The number of carbonyl (C=O) groups excluding carboxylic acids is 1. The first kappa shape index (κ1) is 11.1. The van der Waals surface area contributed by atoms with Gasteiger partial charge in [0.1, 0.15) is 5.76 Å². The van der Waals surface area contributed by atoms with Crippen molar-refractivity contribution in [3.05, 3.63) is 11.8 Å². The highest BCUT2D eigenvalue weighted by molar-refractivity contribution is 5.94. The summed E-state index contributed by atoms with van der Waals surface area (Å²) in [5.74, 6) is 1.21. The fourth-order valence-electron chi connectivity index (χ4n) is 2.04. The summed E-state index contributed by atoms with van der Waals surface area (Å²) in [6.07, 6.45) is 3.20. The second kappa shape index (κ2) is 4.65. The first-order chi connectivity index (χ1) is 7.66. The number of likely N-dealkylation sites (N-methyl/N-ethyl adjacent to an activating group) is 1. The molecule has 2 heterocycles. The third-order valence-corrected chi connectivity index (χ3v) is 2.95. The van der Waals surface area contributed by atoms with Crippen LogP contribution in [0.4, 0.5) is 5.82 Å². The summed E-state index contributed by atoms with van der Waals surface area (Å²) in [5.41, 5.74) is 0. The minimum Gasteiger partial charge on any atom is -0.360 e. The average Bonchev–Trinajstić information content (AvgIpc) is 2.64. The molecule has 0 aromatic carbocycles. The van der Waals surface area contributed by atoms with E-state index in [9.17, 15) is 4.79 Å². The molecule has 0 radical (unpaired) electrons. The van der Waals surface area contributed by atoms with Gasteiger partial charge in [-0.15, -0.1) is 0 Å². The summed E-state index contributed by atoms with van der Waals surface area (Å²) in [6.45, 7) is 2.78. The highest BCUT2D eigenvalue weighted by Crippen LogP contribution is 2.17. The van der Waals surface area contributed by atoms with Crippen molar-refractivity contribution in [2.24, 2.45) is 0 Å². The largest absolute Gasteiger partial charge is 0.360 e. The van der Waals surface area contributed by atoms with Crippen molar-refractivity contribution in [2.75, 3.05) is 18.9 Å². The van der Waals surface area contributed by atoms with Crippen molar-refractivity contribution in [2.45, 2.75) is 32.2 Å². The van der Waals surface area contributed by atoms with E-state index in [4.69, 9.17) is 4.52 Å². The lowest BCUT2D eigenvalue weighted by Crippen LogP contribution is -2.44. The summed E-state index contributed by atoms with van der Waals surface area (Å²) >= 11 is 0. The molecule has 1 aromatic rings. The lowest BCUT2D eigenvalue weighted by atomic mass is 10.0. The fraction of sp³-hybridized carbons (Fsp3) is 0.636. The van der Waals surface area contributed by atoms with Gasteiger partial charge in [-0.1, -0.05) is 11.6 Å². The maximum absolute atomic E-state index is 12.0. The number of nitrogens with zero attached hydrogens (tertiary/aromatic N) is 2. The van der Waals surface area contributed by atoms with Gasteiger partial charge in [-0.25, -0.2) is 0 Å². The van der Waals surface area contributed by atoms with Crippen molar-refractivity contribution < 1.29 is 9.32 Å². The Morgan fingerprint density at radius 3 is 3.06 bits per heavy atom. The lowest BCUT2D eigenvalue weighted by Gasteiger charge is -2.30. The number of hydrogen-bond donors (Lipinski definition) is 1. The molecule has 1 amide bonds. The van der Waals surface area contributed by atoms with Crippen LogP contribution in [-0.4, -0.2) is 35.6 Å². The predicted octanol–water partition coefficient (Wildman–Crippen LogP) is 1.41. The third-order valence-electron chi connectivity index (χ3n) is 2.95. The number of rotatable bonds is 2. The van der Waals surface area contributed by atoms with Crippen molar-refractivity contribution in [1.29, 1.82) is 0 Å². The van der Waals surface area contributed by atoms with Crippen molar-refractivity contribution in [3.8, 4) is 0 Å². The van der Waals surface area contributed by atoms with Crippen LogP contribution in [0.3, 0.4) is 0 Å². The Balaban J connectivity index is 1.96. The number of anilines is 1. The van der Waals surface area contributed by atoms with E-state index < -0.39 is 0 Å². The van der Waals surface area contributed by atoms with Crippen LogP contribution in [0.2, 0.25) is 0 Å². The van der Waals surface area contributed by atoms with E-state index in [-0.39, 0.29) is 11.9 Å². The van der Waals surface area contributed by atoms with E-state index in [0.29, 0.717) is 11.6 Å². The Bertz CT molecular complexity index is 375. The topological polar surface area (TPSA) is 58.4 Å². The summed E-state index contributed by atoms with van der Waals surface area (Å²) in [6, 6.07) is 1.69. The third kappa shape index (κ3) is 2.41. The monoisotopic (exact) mass is 223 g/mol. The number of hydrogen-bond acceptors (Lipinski definition) is 4. The molecule has 2 rings (SSSR count). The summed E-state index contributed by atoms with van der Waals surface area (Å²) in [5, 5.41) is 6.53. The smallest absolute Gasteiger partial charge is 0.242 e. The van der Waals surface area contributed by atoms with E-state index >= 15 is 0 Å². The Hall–Kier alpha value is -1.36. The standard InChI is InChI=1S/C11H17N3O2/c1-8-7-10(13-16-8)12-11(15)9-5-3-4-6-14(9)2/h7,9H,3-6H2,1-2H3,(H,12,13,15). The number of amides is 1. The number of aryl methyl sites for hydroxylation is 1. The van der Waals surface area contributed by atoms with Crippen LogP contribution in [0.1, 0.15) is 25.0 Å². The van der Waals surface area contributed by atoms with Gasteiger partial charge in [-0.2, -0.15) is 0 Å². The quantitative estimate of drug-likeness (QED) is 0.823. The van der Waals surface area contributed by atoms with E-state index in [1.54, 1.807) is 13.0 Å². The number of nitrogens with one attached hydrogen (secondary N) is 1. The van der Waals surface area contributed by atoms with Crippen LogP contribution in [0.5, 0.6) is 0 Å². The molecule has 1 aliphatic rings. The number of piperidine rings is 1. The summed E-state index contributed by atoms with van der Waals surface area (Å²) in [4.78, 5) is 14.0. The zero-order valence-corrected chi connectivity index (χ0v) is 9.69. The second-order valence-electron chi connectivity index (χ2n) is 4.30. The average molecular weight is 223 g/mol. The van der Waals surface area contributed by atoms with Gasteiger partial charge in [-0.05, 0) is 33.4 Å². The number of aromatic nitrogens is 1. The number of likely N-dealkylation sites (tertiary alicyclic amines) is 1. The van der Waals surface area contributed by atoms with Crippen LogP contribution in [0, 0.1) is 6.92 Å². The minimum absolute atomic E-state index is 0.00972. The molecule has 1 saturated heterocycles. The van der Waals surface area contributed by atoms with Gasteiger partial charge in [0.2, 0.25) is 5.91 Å². The normalized spacial score (nSPS) is 22.0. The molecule has 5 nitrogen and oxygen atoms in total. The van der Waals surface area contributed by atoms with Gasteiger partial charge in [0.15, 0.2) is 5.82 Å². The van der Waals surface area contributed by atoms with Crippen LogP contribution < -0.4 is 5.32 Å². The molecular formula is C11H17N3O2. The molecule has 1 N–H and O–H groups in total. The SMILES string of the molecule is Cc1cc(NC(=O)C2CCCCN2C)no1. The van der Waals surface area contributed by atoms with Crippen molar-refractivity contribution >= 4 is 11.7 Å². The molecule has 1 fully saturated rings. The first-order valence-electron chi connectivity index (χ1n) is 5.61. The Morgan fingerprint density at radius 2 is 2.44 bits per heavy atom. The maximum atomic E-state index is 12.0. The summed E-state index contributed by atoms with van der Waals surface area (Å²) in [7, 11) is 1.98. The molecule has 5 heteroatoms. The Labute approximate surface area is 94.8 Å². The van der Waals surface area contributed by atoms with Gasteiger partial charge in [0, 0.05) is 6.07 Å². The maximum Gasteiger partial charge on any atom is 0.242 e. The highest BCUT2D eigenvalue weighted by atomic mass is 16.5. The molecule has 1 aromatic heterocycles. The molecule has 0 spiro atoms. The zero-order valence-electron chi connectivity index (χ0n) is 9.69. The van der Waals surface area contributed by atoms with E-state index in [1.165, 1.54) is 6.42 Å². The first-order valence-corrected chi connectivity index (χ1v) is 5.61. The van der Waals surface area contributed by atoms with E-state index in [0.717, 1.165) is 19.4 Å². The lowest BCUT2D eigenvalue weighted by molar-refractivity contribution is -0.121. The second-order valence-corrected chi connectivity index (χ2v) is 4.30. The van der Waals surface area contributed by atoms with E-state index in [1.807, 2.05) is 7.05 Å². The molecule has 1 unspecified atom stereocenters. The van der Waals surface area contributed by atoms with E-state index in [2.05, 4.69) is 15.4 Å². The Morgan fingerprint density at radius 1 is 1.62 bits per heavy atom. The van der Waals surface area contributed by atoms with Crippen molar-refractivity contribution in [1.82, 2.24) is 10.1 Å². The number of carbonyl (C=O) groups is 1. The minimum atomic E-state index is -0.0363. The molecule has 0 bridgehead atoms. The van der Waals surface area contributed by atoms with Crippen LogP contribution in [-0.2, 0) is 4.79 Å². The molecule has 0 aliphatic carbocycles. The molecule has 16 heavy (non-hydrogen) atoms. The molecule has 88 valence electrons. The van der Waals surface area contributed by atoms with Crippen molar-refractivity contribution in [3.63, 3.8) is 0 Å². The van der Waals surface area contributed by atoms with Gasteiger partial charge < -0.3 is 9.84 Å². The molecule has 1 aliphatic heterocycles. The highest BCUT2D eigenvalue weighted by Gasteiger charge is 2.26. The van der Waals surface area contributed by atoms with Crippen LogP contribution in [0.25, 0.3) is 0 Å². The van der Waals surface area contributed by atoms with Crippen LogP contribution in [0.15, 0.2) is 10.6 Å². The summed E-state index contributed by atoms with van der Waals surface area (Å²) < 4.78 is 4.90. The van der Waals surface area contributed by atoms with Gasteiger partial charge in [0.25, 0.3) is 0 Å².